The molecule has 0 rings (SSSR count). The van der Waals surface area contributed by atoms with Crippen molar-refractivity contribution in [2.75, 3.05) is 37.0 Å². The minimum Gasteiger partial charge on any atom is -0.104 e. The molecule has 0 bridgehead atoms. The molecule has 0 atom stereocenters. The summed E-state index contributed by atoms with van der Waals surface area (Å²) in [7, 11) is -2.12. The minimum absolute atomic E-state index is 1.06. The van der Waals surface area contributed by atoms with Crippen LogP contribution in [0.1, 0.15) is 41.5 Å². The lowest BCUT2D eigenvalue weighted by Gasteiger charge is -2.28. The van der Waals surface area contributed by atoms with Gasteiger partial charge in [-0.2, -0.15) is 0 Å². The summed E-state index contributed by atoms with van der Waals surface area (Å²) in [6.45, 7) is 13.9. The smallest absolute Gasteiger partial charge is 0.104 e. The van der Waals surface area contributed by atoms with Gasteiger partial charge in [0, 0.05) is 0 Å². The maximum Gasteiger partial charge on any atom is 0.192 e. The summed E-state index contributed by atoms with van der Waals surface area (Å²) >= 11 is 0. The van der Waals surface area contributed by atoms with E-state index in [0.29, 0.717) is 0 Å². The van der Waals surface area contributed by atoms with Crippen molar-refractivity contribution >= 4 is 15.0 Å². The average Bonchev–Trinajstić information content (AvgIpc) is 2.33. The number of rotatable bonds is 8. The first-order valence-corrected chi connectivity index (χ1v) is 11.0. The van der Waals surface area contributed by atoms with Crippen molar-refractivity contribution in [1.29, 1.82) is 0 Å². The molecule has 0 unspecified atom stereocenters. The van der Waals surface area contributed by atoms with Gasteiger partial charge >= 0.3 is 0 Å². The summed E-state index contributed by atoms with van der Waals surface area (Å²) in [4.78, 5) is 0. The van der Waals surface area contributed by atoms with E-state index in [9.17, 15) is 0 Å². The zero-order valence-electron chi connectivity index (χ0n) is 11.5. The van der Waals surface area contributed by atoms with Crippen LogP contribution in [0.3, 0.4) is 0 Å². The van der Waals surface area contributed by atoms with Crippen LogP contribution in [0, 0.1) is 0 Å². The monoisotopic (exact) mass is 252 g/mol. The summed E-state index contributed by atoms with van der Waals surface area (Å²) < 4.78 is 6.74. The van der Waals surface area contributed by atoms with Gasteiger partial charge in [0.25, 0.3) is 0 Å². The quantitative estimate of drug-likeness (QED) is 0.553. The first-order chi connectivity index (χ1) is 7.07. The molecule has 0 aliphatic carbocycles. The van der Waals surface area contributed by atoms with Crippen LogP contribution in [0.2, 0.25) is 0 Å². The molecule has 0 radical (unpaired) electrons. The van der Waals surface area contributed by atoms with E-state index in [1.165, 1.54) is 37.0 Å². The average molecular weight is 252 g/mol. The molecular weight excluding hydrogens is 222 g/mol. The van der Waals surface area contributed by atoms with E-state index in [1.54, 1.807) is 0 Å². The highest BCUT2D eigenvalue weighted by molar-refractivity contribution is 7.83. The van der Waals surface area contributed by atoms with Crippen molar-refractivity contribution in [3.63, 3.8) is 0 Å². The molecule has 0 spiro atoms. The molecule has 0 amide bonds. The molecule has 0 saturated carbocycles. The molecule has 0 aromatic heterocycles. The van der Waals surface area contributed by atoms with Crippen LogP contribution in [0.5, 0.6) is 0 Å². The lowest BCUT2D eigenvalue weighted by Crippen LogP contribution is -2.13. The highest BCUT2D eigenvalue weighted by Gasteiger charge is 2.48. The summed E-state index contributed by atoms with van der Waals surface area (Å²) in [6.07, 6.45) is 7.59. The first kappa shape index (κ1) is 15.8. The molecule has 0 heterocycles. The lowest BCUT2D eigenvalue weighted by atomic mass is 10.9. The molecule has 0 aromatic rings. The van der Waals surface area contributed by atoms with E-state index in [4.69, 9.17) is 4.31 Å². The Morgan fingerprint density at radius 2 is 0.733 bits per heavy atom. The summed E-state index contributed by atoms with van der Waals surface area (Å²) in [5, 5.41) is 0. The maximum absolute atomic E-state index is 6.74. The van der Waals surface area contributed by atoms with Crippen LogP contribution in [-0.2, 0) is 4.31 Å². The Morgan fingerprint density at radius 1 is 0.533 bits per heavy atom. The molecule has 0 fully saturated rings. The van der Waals surface area contributed by atoms with E-state index in [2.05, 4.69) is 41.5 Å². The molecule has 0 aliphatic heterocycles. The van der Waals surface area contributed by atoms with E-state index in [1.807, 2.05) is 0 Å². The van der Waals surface area contributed by atoms with Gasteiger partial charge in [0.15, 0.2) is 15.0 Å². The van der Waals surface area contributed by atoms with Crippen LogP contribution < -0.4 is 0 Å². The Morgan fingerprint density at radius 3 is 0.867 bits per heavy atom. The first-order valence-electron chi connectivity index (χ1n) is 6.51. The second-order valence-corrected chi connectivity index (χ2v) is 12.8. The topological polar surface area (TPSA) is 9.23 Å². The van der Waals surface area contributed by atoms with Gasteiger partial charge in [-0.1, -0.05) is 0 Å². The van der Waals surface area contributed by atoms with Crippen LogP contribution in [0.4, 0.5) is 0 Å². The van der Waals surface area contributed by atoms with Crippen molar-refractivity contribution in [2.45, 2.75) is 41.5 Å². The molecule has 0 aromatic carbocycles. The molecule has 92 valence electrons. The third kappa shape index (κ3) is 3.95. The van der Waals surface area contributed by atoms with Gasteiger partial charge < -0.3 is 0 Å². The summed E-state index contributed by atoms with van der Waals surface area (Å²) in [5.74, 6) is 0. The van der Waals surface area contributed by atoms with Crippen molar-refractivity contribution in [1.82, 2.24) is 0 Å². The second kappa shape index (κ2) is 7.21. The van der Waals surface area contributed by atoms with E-state index in [-0.39, 0.29) is 0 Å². The van der Waals surface area contributed by atoms with Crippen LogP contribution in [0.25, 0.3) is 0 Å². The fourth-order valence-corrected chi connectivity index (χ4v) is 10.4. The standard InChI is InChI=1S/C12H30OP2/c1-7-14(8-2,9-3)13-15(10-4,11-5)12-6/h7-12H2,1-6H3/q+2. The third-order valence-corrected chi connectivity index (χ3v) is 13.5. The van der Waals surface area contributed by atoms with Gasteiger partial charge in [-0.25, -0.2) is 0 Å². The Balaban J connectivity index is 4.74. The third-order valence-electron chi connectivity index (χ3n) is 3.80. The highest BCUT2D eigenvalue weighted by atomic mass is 31.3. The Labute approximate surface area is 98.2 Å². The lowest BCUT2D eigenvalue weighted by molar-refractivity contribution is 0.631. The van der Waals surface area contributed by atoms with Crippen LogP contribution >= 0.6 is 15.0 Å². The maximum atomic E-state index is 6.74. The second-order valence-electron chi connectivity index (χ2n) is 4.10. The molecule has 1 nitrogen and oxygen atoms in total. The summed E-state index contributed by atoms with van der Waals surface area (Å²) in [5.41, 5.74) is 0. The highest BCUT2D eigenvalue weighted by Crippen LogP contribution is 2.75. The molecule has 15 heavy (non-hydrogen) atoms. The zero-order valence-corrected chi connectivity index (χ0v) is 13.3. The number of hydrogen-bond acceptors (Lipinski definition) is 1. The Hall–Kier alpha value is 0.820. The van der Waals surface area contributed by atoms with Crippen molar-refractivity contribution in [2.24, 2.45) is 0 Å². The van der Waals surface area contributed by atoms with Gasteiger partial charge in [0.2, 0.25) is 0 Å². The van der Waals surface area contributed by atoms with E-state index < -0.39 is 15.0 Å². The predicted molar refractivity (Wildman–Crippen MR) is 78.2 cm³/mol. The summed E-state index contributed by atoms with van der Waals surface area (Å²) in [6, 6.07) is 0. The van der Waals surface area contributed by atoms with Gasteiger partial charge in [-0.15, -0.1) is 4.31 Å². The van der Waals surface area contributed by atoms with Crippen LogP contribution in [-0.4, -0.2) is 37.0 Å². The van der Waals surface area contributed by atoms with Gasteiger partial charge in [0.1, 0.15) is 0 Å². The Bertz CT molecular complexity index is 128. The normalized spacial score (nSPS) is 13.2. The minimum atomic E-state index is -1.06. The molecule has 3 heteroatoms. The van der Waals surface area contributed by atoms with Crippen molar-refractivity contribution in [3.8, 4) is 0 Å². The fraction of sp³-hybridized carbons (Fsp3) is 1.00. The van der Waals surface area contributed by atoms with Crippen LogP contribution in [0.15, 0.2) is 0 Å². The van der Waals surface area contributed by atoms with E-state index >= 15 is 0 Å². The van der Waals surface area contributed by atoms with E-state index in [0.717, 1.165) is 0 Å². The molecule has 0 aliphatic rings. The van der Waals surface area contributed by atoms with Crippen molar-refractivity contribution in [3.05, 3.63) is 0 Å². The molecular formula is C12H30OP2+2. The predicted octanol–water partition coefficient (Wildman–Crippen LogP) is 4.99. The Kier molecular flexibility index (Phi) is 7.60. The van der Waals surface area contributed by atoms with Gasteiger partial charge in [-0.3, -0.25) is 0 Å². The molecule has 0 N–H and O–H groups in total. The SMILES string of the molecule is CC[P+](CC)(CC)O[P+](CC)(CC)CC. The molecule has 0 saturated heterocycles. The van der Waals surface area contributed by atoms with Crippen molar-refractivity contribution < 1.29 is 4.31 Å². The fourth-order valence-electron chi connectivity index (χ4n) is 2.06. The van der Waals surface area contributed by atoms with Gasteiger partial charge in [-0.05, 0) is 41.5 Å². The zero-order chi connectivity index (χ0) is 11.9. The number of hydrogen-bond donors (Lipinski definition) is 0. The van der Waals surface area contributed by atoms with Gasteiger partial charge in [0.05, 0.1) is 37.0 Å². The largest absolute Gasteiger partial charge is 0.192 e.